The largest absolute Gasteiger partial charge is 0.497 e. The average Bonchev–Trinajstić information content (AvgIpc) is 2.49. The van der Waals surface area contributed by atoms with Crippen LogP contribution in [0.1, 0.15) is 5.56 Å². The fourth-order valence-electron chi connectivity index (χ4n) is 2.38. The third-order valence-corrected chi connectivity index (χ3v) is 3.51. The predicted octanol–water partition coefficient (Wildman–Crippen LogP) is 3.31. The Labute approximate surface area is 117 Å². The minimum atomic E-state index is -0.00336. The first-order valence-electron chi connectivity index (χ1n) is 6.46. The molecule has 20 heavy (non-hydrogen) atoms. The number of methoxy groups -OCH3 is 1. The molecule has 0 amide bonds. The van der Waals surface area contributed by atoms with Gasteiger partial charge >= 0.3 is 0 Å². The second kappa shape index (κ2) is 4.85. The summed E-state index contributed by atoms with van der Waals surface area (Å²) in [4.78, 5) is 12.6. The molecule has 3 rings (SSSR count). The van der Waals surface area contributed by atoms with Gasteiger partial charge in [0.15, 0.2) is 0 Å². The van der Waals surface area contributed by atoms with Crippen molar-refractivity contribution in [2.75, 3.05) is 7.11 Å². The van der Waals surface area contributed by atoms with E-state index in [9.17, 15) is 4.79 Å². The molecule has 3 aromatic rings. The third kappa shape index (κ3) is 1.97. The van der Waals surface area contributed by atoms with Crippen LogP contribution in [0.25, 0.3) is 16.5 Å². The van der Waals surface area contributed by atoms with Crippen molar-refractivity contribution in [1.82, 2.24) is 4.57 Å². The van der Waals surface area contributed by atoms with Crippen LogP contribution in [0.2, 0.25) is 0 Å². The summed E-state index contributed by atoms with van der Waals surface area (Å²) in [6, 6.07) is 15.2. The molecule has 0 unspecified atom stereocenters. The highest BCUT2D eigenvalue weighted by Crippen LogP contribution is 2.17. The molecule has 3 nitrogen and oxygen atoms in total. The van der Waals surface area contributed by atoms with Gasteiger partial charge < -0.3 is 4.74 Å². The lowest BCUT2D eigenvalue weighted by Crippen LogP contribution is -2.17. The van der Waals surface area contributed by atoms with Crippen molar-refractivity contribution in [3.8, 4) is 11.4 Å². The summed E-state index contributed by atoms with van der Waals surface area (Å²) in [7, 11) is 1.62. The molecule has 0 aliphatic carbocycles. The number of fused-ring (bicyclic) bond motifs is 1. The van der Waals surface area contributed by atoms with Crippen molar-refractivity contribution in [2.45, 2.75) is 6.92 Å². The SMILES string of the molecule is COc1ccc(-n2ccc3c(C)cccc3c2=O)cc1. The van der Waals surface area contributed by atoms with Gasteiger partial charge in [-0.05, 0) is 54.3 Å². The Kier molecular flexibility index (Phi) is 3.03. The summed E-state index contributed by atoms with van der Waals surface area (Å²) in [6.45, 7) is 2.01. The summed E-state index contributed by atoms with van der Waals surface area (Å²) in [5.74, 6) is 0.776. The van der Waals surface area contributed by atoms with Gasteiger partial charge in [-0.15, -0.1) is 0 Å². The Hall–Kier alpha value is -2.55. The lowest BCUT2D eigenvalue weighted by molar-refractivity contribution is 0.414. The van der Waals surface area contributed by atoms with E-state index < -0.39 is 0 Å². The van der Waals surface area contributed by atoms with Crippen LogP contribution >= 0.6 is 0 Å². The lowest BCUT2D eigenvalue weighted by Gasteiger charge is -2.09. The molecule has 3 heteroatoms. The van der Waals surface area contributed by atoms with Crippen LogP contribution < -0.4 is 10.3 Å². The average molecular weight is 265 g/mol. The van der Waals surface area contributed by atoms with E-state index in [-0.39, 0.29) is 5.56 Å². The van der Waals surface area contributed by atoms with Crippen LogP contribution in [-0.2, 0) is 0 Å². The molecule has 100 valence electrons. The summed E-state index contributed by atoms with van der Waals surface area (Å²) in [5.41, 5.74) is 1.94. The van der Waals surface area contributed by atoms with Crippen LogP contribution in [0.3, 0.4) is 0 Å². The van der Waals surface area contributed by atoms with Gasteiger partial charge in [0.2, 0.25) is 0 Å². The zero-order valence-electron chi connectivity index (χ0n) is 11.5. The van der Waals surface area contributed by atoms with Crippen LogP contribution in [0.5, 0.6) is 5.75 Å². The summed E-state index contributed by atoms with van der Waals surface area (Å²) in [5, 5.41) is 1.74. The zero-order chi connectivity index (χ0) is 14.1. The molecule has 2 aromatic carbocycles. The fraction of sp³-hybridized carbons (Fsp3) is 0.118. The van der Waals surface area contributed by atoms with Gasteiger partial charge in [-0.25, -0.2) is 0 Å². The molecule has 1 heterocycles. The second-order valence-corrected chi connectivity index (χ2v) is 4.73. The Balaban J connectivity index is 2.21. The van der Waals surface area contributed by atoms with Crippen molar-refractivity contribution in [2.24, 2.45) is 0 Å². The highest BCUT2D eigenvalue weighted by Gasteiger charge is 2.06. The molecule has 0 saturated heterocycles. The third-order valence-electron chi connectivity index (χ3n) is 3.51. The van der Waals surface area contributed by atoms with E-state index in [0.717, 1.165) is 27.8 Å². The van der Waals surface area contributed by atoms with Crippen molar-refractivity contribution >= 4 is 10.8 Å². The van der Waals surface area contributed by atoms with Crippen LogP contribution in [0.4, 0.5) is 0 Å². The van der Waals surface area contributed by atoms with Gasteiger partial charge in [0.1, 0.15) is 5.75 Å². The maximum Gasteiger partial charge on any atom is 0.262 e. The number of ether oxygens (including phenoxy) is 1. The number of aromatic nitrogens is 1. The number of hydrogen-bond acceptors (Lipinski definition) is 2. The number of nitrogens with zero attached hydrogens (tertiary/aromatic N) is 1. The summed E-state index contributed by atoms with van der Waals surface area (Å²) in [6.07, 6.45) is 1.82. The Bertz CT molecular complexity index is 817. The maximum atomic E-state index is 12.6. The minimum absolute atomic E-state index is 0.00336. The maximum absolute atomic E-state index is 12.6. The highest BCUT2D eigenvalue weighted by molar-refractivity contribution is 5.84. The smallest absolute Gasteiger partial charge is 0.262 e. The summed E-state index contributed by atoms with van der Waals surface area (Å²) < 4.78 is 6.79. The van der Waals surface area contributed by atoms with E-state index in [4.69, 9.17) is 4.74 Å². The van der Waals surface area contributed by atoms with Crippen molar-refractivity contribution in [3.05, 3.63) is 70.6 Å². The molecule has 0 bridgehead atoms. The Morgan fingerprint density at radius 3 is 2.40 bits per heavy atom. The predicted molar refractivity (Wildman–Crippen MR) is 80.8 cm³/mol. The van der Waals surface area contributed by atoms with Crippen molar-refractivity contribution in [1.29, 1.82) is 0 Å². The molecule has 0 radical (unpaired) electrons. The van der Waals surface area contributed by atoms with E-state index in [1.165, 1.54) is 0 Å². The molecular weight excluding hydrogens is 250 g/mol. The number of aryl methyl sites for hydroxylation is 1. The number of rotatable bonds is 2. The monoisotopic (exact) mass is 265 g/mol. The van der Waals surface area contributed by atoms with Crippen LogP contribution in [0, 0.1) is 6.92 Å². The van der Waals surface area contributed by atoms with Gasteiger partial charge in [0, 0.05) is 17.3 Å². The second-order valence-electron chi connectivity index (χ2n) is 4.73. The van der Waals surface area contributed by atoms with E-state index in [1.807, 2.05) is 61.7 Å². The van der Waals surface area contributed by atoms with Gasteiger partial charge in [0.05, 0.1) is 7.11 Å². The molecule has 0 atom stereocenters. The van der Waals surface area contributed by atoms with Crippen LogP contribution in [0.15, 0.2) is 59.5 Å². The molecule has 1 aromatic heterocycles. The molecular formula is C17H15NO2. The van der Waals surface area contributed by atoms with Crippen molar-refractivity contribution in [3.63, 3.8) is 0 Å². The van der Waals surface area contributed by atoms with E-state index in [0.29, 0.717) is 0 Å². The Morgan fingerprint density at radius 1 is 0.950 bits per heavy atom. The zero-order valence-corrected chi connectivity index (χ0v) is 11.5. The molecule has 0 aliphatic heterocycles. The molecule has 0 aliphatic rings. The number of hydrogen-bond donors (Lipinski definition) is 0. The van der Waals surface area contributed by atoms with Crippen molar-refractivity contribution < 1.29 is 4.74 Å². The van der Waals surface area contributed by atoms with Gasteiger partial charge in [-0.3, -0.25) is 9.36 Å². The normalized spacial score (nSPS) is 10.7. The number of benzene rings is 2. The quantitative estimate of drug-likeness (QED) is 0.712. The molecule has 0 N–H and O–H groups in total. The highest BCUT2D eigenvalue weighted by atomic mass is 16.5. The van der Waals surface area contributed by atoms with Gasteiger partial charge in [-0.2, -0.15) is 0 Å². The number of pyridine rings is 1. The molecule has 0 saturated carbocycles. The van der Waals surface area contributed by atoms with E-state index >= 15 is 0 Å². The minimum Gasteiger partial charge on any atom is -0.497 e. The Morgan fingerprint density at radius 2 is 1.70 bits per heavy atom. The molecule has 0 fully saturated rings. The fourth-order valence-corrected chi connectivity index (χ4v) is 2.38. The lowest BCUT2D eigenvalue weighted by atomic mass is 10.1. The van der Waals surface area contributed by atoms with Gasteiger partial charge in [0.25, 0.3) is 5.56 Å². The first kappa shape index (κ1) is 12.5. The standard InChI is InChI=1S/C17H15NO2/c1-12-4-3-5-16-15(12)10-11-18(17(16)19)13-6-8-14(20-2)9-7-13/h3-11H,1-2H3. The topological polar surface area (TPSA) is 31.2 Å². The summed E-state index contributed by atoms with van der Waals surface area (Å²) >= 11 is 0. The van der Waals surface area contributed by atoms with E-state index in [2.05, 4.69) is 0 Å². The van der Waals surface area contributed by atoms with Crippen LogP contribution in [-0.4, -0.2) is 11.7 Å². The van der Waals surface area contributed by atoms with Gasteiger partial charge in [-0.1, -0.05) is 12.1 Å². The molecule has 0 spiro atoms. The van der Waals surface area contributed by atoms with E-state index in [1.54, 1.807) is 11.7 Å². The first-order valence-corrected chi connectivity index (χ1v) is 6.46. The first-order chi connectivity index (χ1) is 9.70.